The van der Waals surface area contributed by atoms with Crippen molar-refractivity contribution >= 4 is 17.8 Å². The van der Waals surface area contributed by atoms with E-state index >= 15 is 0 Å². The molecular formula is C31H34N4O4S. The molecule has 9 heteroatoms. The summed E-state index contributed by atoms with van der Waals surface area (Å²) in [5.74, 6) is 0.746. The molecule has 0 saturated carbocycles. The Morgan fingerprint density at radius 2 is 1.57 bits per heavy atom. The minimum absolute atomic E-state index is 0.0103. The topological polar surface area (TPSA) is 97.6 Å². The Bertz CT molecular complexity index is 1360. The molecule has 208 valence electrons. The van der Waals surface area contributed by atoms with Crippen LogP contribution < -0.4 is 10.6 Å². The third kappa shape index (κ3) is 7.51. The molecule has 1 aliphatic rings. The lowest BCUT2D eigenvalue weighted by atomic mass is 10.0. The van der Waals surface area contributed by atoms with E-state index in [0.717, 1.165) is 38.7 Å². The Labute approximate surface area is 238 Å². The summed E-state index contributed by atoms with van der Waals surface area (Å²) in [4.78, 5) is 16.7. The number of nitrogens with zero attached hydrogens (tertiary/aromatic N) is 2. The summed E-state index contributed by atoms with van der Waals surface area (Å²) in [6.45, 7) is 0.901. The molecule has 3 aromatic carbocycles. The molecule has 1 fully saturated rings. The highest BCUT2D eigenvalue weighted by Crippen LogP contribution is 2.39. The normalized spacial score (nSPS) is 18.8. The van der Waals surface area contributed by atoms with Crippen molar-refractivity contribution in [3.63, 3.8) is 0 Å². The Morgan fingerprint density at radius 3 is 2.23 bits per heavy atom. The Morgan fingerprint density at radius 1 is 0.925 bits per heavy atom. The number of hydrogen-bond acceptors (Lipinski definition) is 6. The van der Waals surface area contributed by atoms with E-state index in [-0.39, 0.29) is 24.8 Å². The first-order chi connectivity index (χ1) is 19.6. The lowest BCUT2D eigenvalue weighted by Crippen LogP contribution is -2.34. The van der Waals surface area contributed by atoms with E-state index in [4.69, 9.17) is 9.47 Å². The number of ether oxygens (including phenoxy) is 2. The molecule has 4 aromatic rings. The zero-order valence-electron chi connectivity index (χ0n) is 22.4. The number of thioether (sulfide) groups is 1. The van der Waals surface area contributed by atoms with E-state index in [2.05, 4.69) is 15.6 Å². The lowest BCUT2D eigenvalue weighted by molar-refractivity contribution is -0.245. The molecule has 0 spiro atoms. The van der Waals surface area contributed by atoms with E-state index in [1.807, 2.05) is 96.7 Å². The number of amides is 2. The van der Waals surface area contributed by atoms with Gasteiger partial charge < -0.3 is 29.8 Å². The van der Waals surface area contributed by atoms with Crippen molar-refractivity contribution in [3.05, 3.63) is 119 Å². The highest BCUT2D eigenvalue weighted by Gasteiger charge is 2.32. The van der Waals surface area contributed by atoms with Crippen molar-refractivity contribution in [2.45, 2.75) is 49.8 Å². The van der Waals surface area contributed by atoms with E-state index < -0.39 is 6.29 Å². The predicted octanol–water partition coefficient (Wildman–Crippen LogP) is 5.25. The van der Waals surface area contributed by atoms with Crippen LogP contribution in [0.3, 0.4) is 0 Å². The average molecular weight is 559 g/mol. The van der Waals surface area contributed by atoms with Crippen molar-refractivity contribution in [2.24, 2.45) is 7.05 Å². The van der Waals surface area contributed by atoms with Crippen molar-refractivity contribution < 1.29 is 19.4 Å². The summed E-state index contributed by atoms with van der Waals surface area (Å²) in [6.07, 6.45) is 3.73. The first kappa shape index (κ1) is 27.9. The van der Waals surface area contributed by atoms with Gasteiger partial charge in [-0.2, -0.15) is 0 Å². The van der Waals surface area contributed by atoms with Gasteiger partial charge in [0.1, 0.15) is 0 Å². The highest BCUT2D eigenvalue weighted by atomic mass is 32.2. The van der Waals surface area contributed by atoms with Crippen LogP contribution in [0.2, 0.25) is 0 Å². The number of aliphatic hydroxyl groups is 1. The summed E-state index contributed by atoms with van der Waals surface area (Å²) in [5, 5.41) is 16.2. The molecule has 2 heterocycles. The summed E-state index contributed by atoms with van der Waals surface area (Å²) >= 11 is 1.67. The molecule has 0 bridgehead atoms. The number of rotatable bonds is 10. The van der Waals surface area contributed by atoms with Crippen LogP contribution in [-0.4, -0.2) is 32.5 Å². The van der Waals surface area contributed by atoms with Crippen LogP contribution in [0.5, 0.6) is 0 Å². The maximum Gasteiger partial charge on any atom is 0.315 e. The summed E-state index contributed by atoms with van der Waals surface area (Å²) < 4.78 is 14.9. The fourth-order valence-electron chi connectivity index (χ4n) is 4.50. The van der Waals surface area contributed by atoms with Crippen molar-refractivity contribution in [1.29, 1.82) is 0 Å². The third-order valence-corrected chi connectivity index (χ3v) is 7.98. The minimum atomic E-state index is -0.528. The Balaban J connectivity index is 1.21. The monoisotopic (exact) mass is 558 g/mol. The van der Waals surface area contributed by atoms with Crippen molar-refractivity contribution in [2.75, 3.05) is 5.75 Å². The minimum Gasteiger partial charge on any atom is -0.392 e. The third-order valence-electron chi connectivity index (χ3n) is 6.79. The van der Waals surface area contributed by atoms with Gasteiger partial charge in [-0.3, -0.25) is 0 Å². The van der Waals surface area contributed by atoms with Gasteiger partial charge >= 0.3 is 6.03 Å². The van der Waals surface area contributed by atoms with E-state index in [0.29, 0.717) is 19.5 Å². The Hall–Kier alpha value is -3.63. The number of aliphatic hydroxyl groups excluding tert-OH is 1. The van der Waals surface area contributed by atoms with Crippen LogP contribution >= 0.6 is 11.8 Å². The molecule has 5 rings (SSSR count). The molecule has 1 aromatic heterocycles. The maximum absolute atomic E-state index is 12.2. The van der Waals surface area contributed by atoms with Crippen LogP contribution in [-0.2, 0) is 36.2 Å². The zero-order chi connectivity index (χ0) is 27.7. The van der Waals surface area contributed by atoms with E-state index in [9.17, 15) is 9.90 Å². The maximum atomic E-state index is 12.2. The van der Waals surface area contributed by atoms with Crippen LogP contribution in [0.15, 0.2) is 96.4 Å². The zero-order valence-corrected chi connectivity index (χ0v) is 23.2. The number of hydrogen-bond donors (Lipinski definition) is 3. The van der Waals surface area contributed by atoms with Crippen LogP contribution in [0.4, 0.5) is 4.79 Å². The average Bonchev–Trinajstić information content (AvgIpc) is 3.43. The molecule has 1 aliphatic heterocycles. The number of imidazole rings is 1. The predicted molar refractivity (Wildman–Crippen MR) is 154 cm³/mol. The van der Waals surface area contributed by atoms with Gasteiger partial charge in [0.25, 0.3) is 0 Å². The quantitative estimate of drug-likeness (QED) is 0.230. The van der Waals surface area contributed by atoms with Gasteiger partial charge in [0, 0.05) is 50.3 Å². The molecule has 3 N–H and O–H groups in total. The largest absolute Gasteiger partial charge is 0.392 e. The molecule has 1 saturated heterocycles. The summed E-state index contributed by atoms with van der Waals surface area (Å²) in [7, 11) is 1.98. The first-order valence-electron chi connectivity index (χ1n) is 13.3. The number of carbonyl (C=O) groups excluding carboxylic acids is 1. The molecule has 0 unspecified atom stereocenters. The molecular weight excluding hydrogens is 524 g/mol. The van der Waals surface area contributed by atoms with E-state index in [1.165, 1.54) is 0 Å². The molecule has 0 aliphatic carbocycles. The molecule has 2 amide bonds. The van der Waals surface area contributed by atoms with Crippen LogP contribution in [0, 0.1) is 0 Å². The van der Waals surface area contributed by atoms with Gasteiger partial charge in [0.05, 0.1) is 18.8 Å². The van der Waals surface area contributed by atoms with Gasteiger partial charge in [0.2, 0.25) is 0 Å². The van der Waals surface area contributed by atoms with Gasteiger partial charge in [-0.05, 0) is 22.3 Å². The second-order valence-corrected chi connectivity index (χ2v) is 10.7. The number of nitrogens with one attached hydrogen (secondary N) is 2. The smallest absolute Gasteiger partial charge is 0.315 e. The number of benzene rings is 3. The Kier molecular flexibility index (Phi) is 9.51. The number of urea groups is 1. The number of aromatic nitrogens is 2. The molecule has 8 nitrogen and oxygen atoms in total. The first-order valence-corrected chi connectivity index (χ1v) is 14.3. The number of aryl methyl sites for hydroxylation is 1. The fraction of sp³-hybridized carbons (Fsp3) is 0.290. The van der Waals surface area contributed by atoms with Crippen LogP contribution in [0.1, 0.15) is 46.6 Å². The highest BCUT2D eigenvalue weighted by molar-refractivity contribution is 7.99. The van der Waals surface area contributed by atoms with Crippen molar-refractivity contribution in [1.82, 2.24) is 20.2 Å². The summed E-state index contributed by atoms with van der Waals surface area (Å²) in [5.41, 5.74) is 4.87. The van der Waals surface area contributed by atoms with Gasteiger partial charge in [0.15, 0.2) is 11.4 Å². The van der Waals surface area contributed by atoms with Gasteiger partial charge in [-0.15, -0.1) is 0 Å². The van der Waals surface area contributed by atoms with Gasteiger partial charge in [-0.1, -0.05) is 90.6 Å². The molecule has 40 heavy (non-hydrogen) atoms. The SMILES string of the molecule is Cn1ccnc1SC[C@H]1C[C@@H](c2ccc(CO)cc2)O[C@@H](c2ccc(CNC(=O)NCc3ccccc3)cc2)O1. The van der Waals surface area contributed by atoms with Crippen molar-refractivity contribution in [3.8, 4) is 0 Å². The lowest BCUT2D eigenvalue weighted by Gasteiger charge is -2.36. The fourth-order valence-corrected chi connectivity index (χ4v) is 5.45. The second-order valence-electron chi connectivity index (χ2n) is 9.75. The van der Waals surface area contributed by atoms with Gasteiger partial charge in [-0.25, -0.2) is 9.78 Å². The summed E-state index contributed by atoms with van der Waals surface area (Å²) in [6, 6.07) is 25.4. The molecule has 3 atom stereocenters. The molecule has 0 radical (unpaired) electrons. The standard InChI is InChI=1S/C31H34N4O4S/c1-35-16-15-32-31(35)40-21-27-17-28(25-11-9-24(20-36)10-12-25)39-29(38-27)26-13-7-23(8-14-26)19-34-30(37)33-18-22-5-3-2-4-6-22/h2-16,27-29,36H,17-21H2,1H3,(H2,33,34,37)/t27-,28+,29+/m1/s1. The van der Waals surface area contributed by atoms with E-state index in [1.54, 1.807) is 18.0 Å². The van der Waals surface area contributed by atoms with Crippen LogP contribution in [0.25, 0.3) is 0 Å². The second kappa shape index (κ2) is 13.6. The number of carbonyl (C=O) groups is 1.